The van der Waals surface area contributed by atoms with Gasteiger partial charge in [0.25, 0.3) is 0 Å². The maximum absolute atomic E-state index is 12.7. The number of H-pyrrole nitrogens is 1. The molecule has 1 saturated carbocycles. The molecule has 1 aliphatic carbocycles. The Morgan fingerprint density at radius 1 is 1.22 bits per heavy atom. The van der Waals surface area contributed by atoms with Gasteiger partial charge in [0.15, 0.2) is 0 Å². The highest BCUT2D eigenvalue weighted by Crippen LogP contribution is 2.37. The molecule has 3 aromatic rings. The molecule has 0 bridgehead atoms. The summed E-state index contributed by atoms with van der Waals surface area (Å²) in [5, 5.41) is 9.30. The van der Waals surface area contributed by atoms with Crippen LogP contribution in [0.2, 0.25) is 0 Å². The fourth-order valence-electron chi connectivity index (χ4n) is 4.73. The molecule has 1 saturated heterocycles. The second kappa shape index (κ2) is 9.76. The summed E-state index contributed by atoms with van der Waals surface area (Å²) in [6.45, 7) is 9.37. The minimum absolute atomic E-state index is 0.551. The van der Waals surface area contributed by atoms with E-state index in [2.05, 4.69) is 33.9 Å². The predicted molar refractivity (Wildman–Crippen MR) is 129 cm³/mol. The van der Waals surface area contributed by atoms with E-state index in [-0.39, 0.29) is 0 Å². The third kappa shape index (κ3) is 4.97. The molecule has 1 atom stereocenters. The van der Waals surface area contributed by atoms with Crippen LogP contribution in [0, 0.1) is 6.92 Å². The molecule has 1 aliphatic heterocycles. The number of nitrogens with one attached hydrogen (secondary N) is 2. The van der Waals surface area contributed by atoms with Gasteiger partial charge in [-0.15, -0.1) is 0 Å². The van der Waals surface area contributed by atoms with E-state index in [9.17, 15) is 4.39 Å². The van der Waals surface area contributed by atoms with Crippen molar-refractivity contribution in [1.29, 1.82) is 0 Å². The van der Waals surface area contributed by atoms with Crippen molar-refractivity contribution in [2.45, 2.75) is 64.6 Å². The second-order valence-corrected chi connectivity index (χ2v) is 9.19. The number of pyridine rings is 1. The van der Waals surface area contributed by atoms with E-state index in [0.717, 1.165) is 41.9 Å². The van der Waals surface area contributed by atoms with E-state index in [1.54, 1.807) is 0 Å². The van der Waals surface area contributed by atoms with Crippen LogP contribution in [-0.4, -0.2) is 50.0 Å². The first kappa shape index (κ1) is 22.4. The molecule has 1 unspecified atom stereocenters. The van der Waals surface area contributed by atoms with Crippen LogP contribution in [0.1, 0.15) is 51.0 Å². The van der Waals surface area contributed by atoms with Crippen LogP contribution in [-0.2, 0) is 7.05 Å². The summed E-state index contributed by atoms with van der Waals surface area (Å²) in [5.41, 5.74) is 6.61. The van der Waals surface area contributed by atoms with Crippen LogP contribution in [0.4, 0.5) is 10.1 Å². The Morgan fingerprint density at radius 2 is 2.00 bits per heavy atom. The highest BCUT2D eigenvalue weighted by atomic mass is 19.1. The van der Waals surface area contributed by atoms with Crippen LogP contribution in [0.15, 0.2) is 37.1 Å². The third-order valence-corrected chi connectivity index (χ3v) is 6.52. The molecule has 5 rings (SSSR count). The van der Waals surface area contributed by atoms with Crippen molar-refractivity contribution in [1.82, 2.24) is 24.6 Å². The van der Waals surface area contributed by atoms with E-state index in [1.165, 1.54) is 42.3 Å². The van der Waals surface area contributed by atoms with Gasteiger partial charge in [-0.05, 0) is 45.1 Å². The summed E-state index contributed by atoms with van der Waals surface area (Å²) >= 11 is 0. The molecule has 2 fully saturated rings. The van der Waals surface area contributed by atoms with Crippen LogP contribution < -0.4 is 5.32 Å². The molecule has 2 aliphatic rings. The van der Waals surface area contributed by atoms with Gasteiger partial charge in [-0.2, -0.15) is 5.10 Å². The number of likely N-dealkylation sites (tertiary alicyclic amines) is 1. The zero-order valence-corrected chi connectivity index (χ0v) is 19.5. The van der Waals surface area contributed by atoms with Crippen molar-refractivity contribution in [3.8, 4) is 11.1 Å². The Balaban J connectivity index is 0.000000207. The highest BCUT2D eigenvalue weighted by molar-refractivity contribution is 6.00. The lowest BCUT2D eigenvalue weighted by Gasteiger charge is -2.30. The van der Waals surface area contributed by atoms with Gasteiger partial charge in [0.2, 0.25) is 0 Å². The Kier molecular flexibility index (Phi) is 6.82. The van der Waals surface area contributed by atoms with Gasteiger partial charge in [-0.1, -0.05) is 19.4 Å². The number of hydrogen-bond acceptors (Lipinski definition) is 4. The summed E-state index contributed by atoms with van der Waals surface area (Å²) in [6, 6.07) is 0.565. The molecule has 2 N–H and O–H groups in total. The highest BCUT2D eigenvalue weighted by Gasteiger charge is 2.21. The number of aromatic amines is 1. The smallest absolute Gasteiger partial charge is 0.139 e. The zero-order chi connectivity index (χ0) is 22.7. The number of rotatable bonds is 4. The van der Waals surface area contributed by atoms with Gasteiger partial charge >= 0.3 is 0 Å². The van der Waals surface area contributed by atoms with Crippen molar-refractivity contribution >= 4 is 16.7 Å². The molecule has 3 aromatic heterocycles. The average Bonchev–Trinajstić information content (AvgIpc) is 3.51. The number of hydrogen-bond donors (Lipinski definition) is 2. The van der Waals surface area contributed by atoms with Crippen molar-refractivity contribution in [3.63, 3.8) is 0 Å². The minimum Gasteiger partial charge on any atom is -0.381 e. The lowest BCUT2D eigenvalue weighted by atomic mass is 10.0. The third-order valence-electron chi connectivity index (χ3n) is 6.52. The minimum atomic E-state index is -0.634. The fourth-order valence-corrected chi connectivity index (χ4v) is 4.73. The summed E-state index contributed by atoms with van der Waals surface area (Å²) in [4.78, 5) is 9.86. The molecular weight excluding hydrogens is 403 g/mol. The molecule has 32 heavy (non-hydrogen) atoms. The van der Waals surface area contributed by atoms with E-state index in [1.807, 2.05) is 48.3 Å². The number of halogens is 1. The number of anilines is 1. The maximum atomic E-state index is 12.7. The molecule has 7 heteroatoms. The molecule has 0 amide bonds. The lowest BCUT2D eigenvalue weighted by Crippen LogP contribution is -2.34. The fraction of sp³-hybridized carbons (Fsp3) is 0.520. The van der Waals surface area contributed by atoms with Crippen LogP contribution in [0.25, 0.3) is 22.2 Å². The zero-order valence-electron chi connectivity index (χ0n) is 19.5. The number of nitrogens with zero attached hydrogens (tertiary/aromatic N) is 4. The van der Waals surface area contributed by atoms with Crippen molar-refractivity contribution < 1.29 is 4.39 Å². The van der Waals surface area contributed by atoms with Crippen molar-refractivity contribution in [3.05, 3.63) is 42.6 Å². The van der Waals surface area contributed by atoms with E-state index < -0.39 is 6.17 Å². The van der Waals surface area contributed by atoms with E-state index in [4.69, 9.17) is 0 Å². The van der Waals surface area contributed by atoms with E-state index in [0.29, 0.717) is 12.6 Å². The summed E-state index contributed by atoms with van der Waals surface area (Å²) < 4.78 is 14.5. The number of fused-ring (bicyclic) bond motifs is 1. The second-order valence-electron chi connectivity index (χ2n) is 9.19. The Bertz CT molecular complexity index is 1060. The maximum Gasteiger partial charge on any atom is 0.139 e. The van der Waals surface area contributed by atoms with E-state index >= 15 is 0 Å². The van der Waals surface area contributed by atoms with Gasteiger partial charge in [0, 0.05) is 67.0 Å². The number of piperidine rings is 1. The quantitative estimate of drug-likeness (QED) is 0.558. The van der Waals surface area contributed by atoms with Gasteiger partial charge in [-0.25, -0.2) is 9.37 Å². The number of aromatic nitrogens is 4. The largest absolute Gasteiger partial charge is 0.381 e. The van der Waals surface area contributed by atoms with Crippen LogP contribution >= 0.6 is 0 Å². The Hall–Kier alpha value is -2.83. The monoisotopic (exact) mass is 438 g/mol. The molecule has 4 heterocycles. The number of aryl methyl sites for hydroxylation is 2. The normalized spacial score (nSPS) is 19.1. The summed E-state index contributed by atoms with van der Waals surface area (Å²) in [6.07, 6.45) is 14.1. The molecule has 6 nitrogen and oxygen atoms in total. The first-order valence-corrected chi connectivity index (χ1v) is 11.7. The van der Waals surface area contributed by atoms with Crippen molar-refractivity contribution in [2.24, 2.45) is 7.05 Å². The predicted octanol–water partition coefficient (Wildman–Crippen LogP) is 5.58. The van der Waals surface area contributed by atoms with Crippen molar-refractivity contribution in [2.75, 3.05) is 18.4 Å². The molecule has 0 aromatic carbocycles. The Labute approximate surface area is 189 Å². The number of alkyl halides is 1. The van der Waals surface area contributed by atoms with Crippen LogP contribution in [0.3, 0.4) is 0 Å². The topological polar surface area (TPSA) is 61.8 Å². The SMILES string of the molecule is C=C(C)N1CCCC(F)C1.Cc1c[nH]c2ncc(-c3cnn(C)c3)c(NC3CCCC3)c12. The molecule has 0 spiro atoms. The Morgan fingerprint density at radius 3 is 2.62 bits per heavy atom. The first-order chi connectivity index (χ1) is 15.4. The summed E-state index contributed by atoms with van der Waals surface area (Å²) in [5.74, 6) is 0. The van der Waals surface area contributed by atoms with Gasteiger partial charge in [0.05, 0.1) is 11.9 Å². The summed E-state index contributed by atoms with van der Waals surface area (Å²) in [7, 11) is 1.95. The van der Waals surface area contributed by atoms with Crippen LogP contribution in [0.5, 0.6) is 0 Å². The van der Waals surface area contributed by atoms with Gasteiger partial charge in [0.1, 0.15) is 11.8 Å². The average molecular weight is 439 g/mol. The molecule has 0 radical (unpaired) electrons. The first-order valence-electron chi connectivity index (χ1n) is 11.7. The van der Waals surface area contributed by atoms with Gasteiger partial charge < -0.3 is 15.2 Å². The molecular formula is C25H35FN6. The standard InChI is InChI=1S/C17H21N5.C8H14FN/c1-11-7-18-17-15(11)16(21-13-5-3-4-6-13)14(9-19-17)12-8-20-22(2)10-12;1-7(2)10-5-3-4-8(9)6-10/h7-10,13H,3-6H2,1-2H3,(H2,18,19,21);8H,1,3-6H2,2H3. The lowest BCUT2D eigenvalue weighted by molar-refractivity contribution is 0.169. The number of allylic oxidation sites excluding steroid dienone is 1. The van der Waals surface area contributed by atoms with Gasteiger partial charge in [-0.3, -0.25) is 4.68 Å². The molecule has 172 valence electrons.